The third kappa shape index (κ3) is 4.82. The summed E-state index contributed by atoms with van der Waals surface area (Å²) in [5, 5.41) is 11.7. The van der Waals surface area contributed by atoms with E-state index in [2.05, 4.69) is 38.1 Å². The van der Waals surface area contributed by atoms with Crippen molar-refractivity contribution in [2.24, 2.45) is 0 Å². The van der Waals surface area contributed by atoms with E-state index in [0.29, 0.717) is 30.2 Å². The molecule has 0 atom stereocenters. The second-order valence-electron chi connectivity index (χ2n) is 5.79. The van der Waals surface area contributed by atoms with Crippen molar-refractivity contribution in [1.29, 1.82) is 0 Å². The molecule has 3 rings (SSSR count). The van der Waals surface area contributed by atoms with Gasteiger partial charge >= 0.3 is 0 Å². The van der Waals surface area contributed by atoms with Crippen molar-refractivity contribution in [1.82, 2.24) is 19.6 Å². The number of aromatic nitrogens is 4. The minimum atomic E-state index is -0.380. The Morgan fingerprint density at radius 3 is 2.85 bits per heavy atom. The fourth-order valence-corrected chi connectivity index (χ4v) is 3.04. The van der Waals surface area contributed by atoms with Crippen molar-refractivity contribution < 1.29 is 9.18 Å². The maximum Gasteiger partial charge on any atom is 0.226 e. The van der Waals surface area contributed by atoms with Gasteiger partial charge in [0.05, 0.1) is 27.7 Å². The molecule has 26 heavy (non-hydrogen) atoms. The first-order chi connectivity index (χ1) is 12.4. The topological polar surface area (TPSA) is 64.7 Å². The zero-order chi connectivity index (χ0) is 18.7. The highest BCUT2D eigenvalue weighted by molar-refractivity contribution is 14.1. The van der Waals surface area contributed by atoms with Crippen molar-refractivity contribution in [2.75, 3.05) is 5.32 Å². The van der Waals surface area contributed by atoms with Gasteiger partial charge in [0.2, 0.25) is 5.91 Å². The molecule has 6 nitrogen and oxygen atoms in total. The highest BCUT2D eigenvalue weighted by Gasteiger charge is 2.08. The van der Waals surface area contributed by atoms with Crippen molar-refractivity contribution >= 4 is 45.8 Å². The molecule has 3 aromatic rings. The molecule has 1 N–H and O–H groups in total. The van der Waals surface area contributed by atoms with Crippen LogP contribution in [0.2, 0.25) is 5.02 Å². The largest absolute Gasteiger partial charge is 0.323 e. The zero-order valence-electron chi connectivity index (χ0n) is 13.9. The molecule has 136 valence electrons. The minimum absolute atomic E-state index is 0.118. The van der Waals surface area contributed by atoms with Crippen LogP contribution in [0.5, 0.6) is 0 Å². The van der Waals surface area contributed by atoms with E-state index in [4.69, 9.17) is 11.6 Å². The molecule has 1 amide bonds. The molecule has 0 bridgehead atoms. The fraction of sp³-hybridized carbons (Fsp3) is 0.235. The van der Waals surface area contributed by atoms with Crippen LogP contribution in [0.4, 0.5) is 10.1 Å². The van der Waals surface area contributed by atoms with Gasteiger partial charge in [-0.15, -0.1) is 0 Å². The number of benzene rings is 1. The van der Waals surface area contributed by atoms with E-state index in [-0.39, 0.29) is 11.7 Å². The first kappa shape index (κ1) is 18.8. The second-order valence-corrected chi connectivity index (χ2v) is 7.36. The number of hydrogen-bond acceptors (Lipinski definition) is 3. The van der Waals surface area contributed by atoms with Gasteiger partial charge in [0, 0.05) is 30.4 Å². The van der Waals surface area contributed by atoms with Gasteiger partial charge < -0.3 is 5.32 Å². The Hall–Kier alpha value is -1.94. The molecule has 2 heterocycles. The average molecular weight is 488 g/mol. The van der Waals surface area contributed by atoms with E-state index < -0.39 is 0 Å². The number of hydrogen-bond donors (Lipinski definition) is 1. The number of anilines is 1. The molecule has 9 heteroatoms. The summed E-state index contributed by atoms with van der Waals surface area (Å²) >= 11 is 8.23. The average Bonchev–Trinajstić information content (AvgIpc) is 3.15. The van der Waals surface area contributed by atoms with E-state index in [1.165, 1.54) is 12.1 Å². The molecule has 0 saturated heterocycles. The van der Waals surface area contributed by atoms with Gasteiger partial charge in [0.15, 0.2) is 0 Å². The van der Waals surface area contributed by atoms with Gasteiger partial charge in [0.25, 0.3) is 0 Å². The summed E-state index contributed by atoms with van der Waals surface area (Å²) in [4.78, 5) is 12.1. The van der Waals surface area contributed by atoms with E-state index in [9.17, 15) is 9.18 Å². The Balaban J connectivity index is 1.55. The minimum Gasteiger partial charge on any atom is -0.323 e. The normalized spacial score (nSPS) is 10.9. The van der Waals surface area contributed by atoms with Crippen LogP contribution < -0.4 is 5.32 Å². The molecule has 0 aliphatic carbocycles. The molecular weight excluding hydrogens is 472 g/mol. The molecule has 0 fully saturated rings. The van der Waals surface area contributed by atoms with Crippen molar-refractivity contribution in [3.05, 3.63) is 62.5 Å². The summed E-state index contributed by atoms with van der Waals surface area (Å²) in [6.45, 7) is 2.83. The van der Waals surface area contributed by atoms with Gasteiger partial charge in [-0.1, -0.05) is 17.7 Å². The van der Waals surface area contributed by atoms with Crippen molar-refractivity contribution in [2.45, 2.75) is 26.4 Å². The molecule has 0 aliphatic rings. The van der Waals surface area contributed by atoms with Crippen LogP contribution in [-0.2, 0) is 17.9 Å². The number of halogens is 3. The maximum atomic E-state index is 13.1. The first-order valence-electron chi connectivity index (χ1n) is 7.86. The van der Waals surface area contributed by atoms with E-state index >= 15 is 0 Å². The van der Waals surface area contributed by atoms with E-state index in [1.54, 1.807) is 27.8 Å². The molecule has 0 saturated carbocycles. The van der Waals surface area contributed by atoms with Gasteiger partial charge in [-0.2, -0.15) is 10.2 Å². The highest BCUT2D eigenvalue weighted by Crippen LogP contribution is 2.19. The highest BCUT2D eigenvalue weighted by atomic mass is 127. The van der Waals surface area contributed by atoms with E-state index in [1.807, 2.05) is 13.1 Å². The van der Waals surface area contributed by atoms with E-state index in [0.717, 1.165) is 14.8 Å². The molecule has 0 radical (unpaired) electrons. The lowest BCUT2D eigenvalue weighted by molar-refractivity contribution is -0.116. The smallest absolute Gasteiger partial charge is 0.226 e. The van der Waals surface area contributed by atoms with Gasteiger partial charge in [-0.3, -0.25) is 14.2 Å². The molecule has 1 aromatic carbocycles. The number of amides is 1. The fourth-order valence-electron chi connectivity index (χ4n) is 2.39. The van der Waals surface area contributed by atoms with Crippen LogP contribution >= 0.6 is 34.2 Å². The van der Waals surface area contributed by atoms with Crippen LogP contribution in [0.25, 0.3) is 0 Å². The Bertz CT molecular complexity index is 920. The van der Waals surface area contributed by atoms with Gasteiger partial charge in [-0.05, 0) is 47.2 Å². The lowest BCUT2D eigenvalue weighted by Crippen LogP contribution is -2.14. The molecule has 0 aliphatic heterocycles. The lowest BCUT2D eigenvalue weighted by Gasteiger charge is -2.05. The summed E-state index contributed by atoms with van der Waals surface area (Å²) in [7, 11) is 0. The van der Waals surface area contributed by atoms with Gasteiger partial charge in [-0.25, -0.2) is 4.39 Å². The molecule has 2 aromatic heterocycles. The summed E-state index contributed by atoms with van der Waals surface area (Å²) in [5.74, 6) is -0.498. The number of nitrogens with zero attached hydrogens (tertiary/aromatic N) is 4. The van der Waals surface area contributed by atoms with Crippen molar-refractivity contribution in [3.8, 4) is 0 Å². The van der Waals surface area contributed by atoms with Crippen LogP contribution in [0.15, 0.2) is 36.8 Å². The predicted molar refractivity (Wildman–Crippen MR) is 106 cm³/mol. The van der Waals surface area contributed by atoms with Crippen LogP contribution in [0.3, 0.4) is 0 Å². The summed E-state index contributed by atoms with van der Waals surface area (Å²) < 4.78 is 17.6. The Kier molecular flexibility index (Phi) is 5.92. The lowest BCUT2D eigenvalue weighted by atomic mass is 10.2. The van der Waals surface area contributed by atoms with Crippen LogP contribution in [0, 0.1) is 16.3 Å². The summed E-state index contributed by atoms with van der Waals surface area (Å²) in [6, 6.07) is 4.23. The SMILES string of the molecule is Cc1nn(CCC(=O)Nc2cnn(Cc3ccc(F)cc3Cl)c2)cc1I. The monoisotopic (exact) mass is 487 g/mol. The molecule has 0 spiro atoms. The zero-order valence-corrected chi connectivity index (χ0v) is 16.8. The number of carbonyl (C=O) groups excluding carboxylic acids is 1. The Morgan fingerprint density at radius 1 is 1.35 bits per heavy atom. The standard InChI is InChI=1S/C17H16ClFIN5O/c1-11-16(20)10-24(23-11)5-4-17(26)22-14-7-21-25(9-14)8-12-2-3-13(19)6-15(12)18/h2-3,6-7,9-10H,4-5,8H2,1H3,(H,22,26). The number of rotatable bonds is 6. The van der Waals surface area contributed by atoms with Crippen LogP contribution in [0.1, 0.15) is 17.7 Å². The Morgan fingerprint density at radius 2 is 2.15 bits per heavy atom. The predicted octanol–water partition coefficient (Wildman–Crippen LogP) is 3.86. The summed E-state index contributed by atoms with van der Waals surface area (Å²) in [5.41, 5.74) is 2.30. The molecular formula is C17H16ClFIN5O. The quantitative estimate of drug-likeness (QED) is 0.537. The number of nitrogens with one attached hydrogen (secondary N) is 1. The maximum absolute atomic E-state index is 13.1. The second kappa shape index (κ2) is 8.17. The number of carbonyl (C=O) groups is 1. The van der Waals surface area contributed by atoms with Crippen molar-refractivity contribution in [3.63, 3.8) is 0 Å². The first-order valence-corrected chi connectivity index (χ1v) is 9.32. The molecule has 0 unspecified atom stereocenters. The summed E-state index contributed by atoms with van der Waals surface area (Å²) in [6.07, 6.45) is 5.49. The van der Waals surface area contributed by atoms with Gasteiger partial charge in [0.1, 0.15) is 5.82 Å². The number of aryl methyl sites for hydroxylation is 2. The third-order valence-corrected chi connectivity index (χ3v) is 5.13. The van der Waals surface area contributed by atoms with Crippen LogP contribution in [-0.4, -0.2) is 25.5 Å². The Labute approximate surface area is 168 Å². The third-order valence-electron chi connectivity index (χ3n) is 3.72.